The summed E-state index contributed by atoms with van der Waals surface area (Å²) in [5.74, 6) is 2.05. The van der Waals surface area contributed by atoms with Crippen molar-refractivity contribution in [2.24, 2.45) is 0 Å². The molecule has 8 nitrogen and oxygen atoms in total. The van der Waals surface area contributed by atoms with Gasteiger partial charge in [-0.05, 0) is 24.6 Å². The molecular weight excluding hydrogens is 348 g/mol. The van der Waals surface area contributed by atoms with E-state index in [1.54, 1.807) is 32.6 Å². The Morgan fingerprint density at radius 3 is 2.85 bits per heavy atom. The highest BCUT2D eigenvalue weighted by Crippen LogP contribution is 2.24. The number of pyridine rings is 1. The lowest BCUT2D eigenvalue weighted by Gasteiger charge is -2.28. The number of furan rings is 1. The Morgan fingerprint density at radius 2 is 2.11 bits per heavy atom. The number of ether oxygens (including phenoxy) is 2. The zero-order chi connectivity index (χ0) is 18.8. The predicted octanol–water partition coefficient (Wildman–Crippen LogP) is 2.00. The van der Waals surface area contributed by atoms with Crippen LogP contribution in [0.2, 0.25) is 0 Å². The van der Waals surface area contributed by atoms with E-state index in [1.165, 1.54) is 0 Å². The van der Waals surface area contributed by atoms with E-state index in [0.717, 1.165) is 23.4 Å². The maximum Gasteiger partial charge on any atom is 0.254 e. The second kappa shape index (κ2) is 7.24. The van der Waals surface area contributed by atoms with E-state index in [1.807, 2.05) is 12.1 Å². The summed E-state index contributed by atoms with van der Waals surface area (Å²) in [7, 11) is 3.16. The number of H-pyrrole nitrogens is 1. The van der Waals surface area contributed by atoms with Gasteiger partial charge in [0.15, 0.2) is 11.6 Å². The SMILES string of the molecule is COc1ccc(CN2CCc3c(nc(-c4ccco4)[nH]c3=O)C2)c(OC)n1. The van der Waals surface area contributed by atoms with Crippen molar-refractivity contribution in [2.75, 3.05) is 20.8 Å². The summed E-state index contributed by atoms with van der Waals surface area (Å²) in [4.78, 5) is 26.4. The number of fused-ring (bicyclic) bond motifs is 1. The number of hydrogen-bond acceptors (Lipinski definition) is 7. The first-order valence-electron chi connectivity index (χ1n) is 8.64. The fraction of sp³-hybridized carbons (Fsp3) is 0.316. The van der Waals surface area contributed by atoms with Gasteiger partial charge in [0, 0.05) is 36.8 Å². The van der Waals surface area contributed by atoms with Crippen molar-refractivity contribution in [1.29, 1.82) is 0 Å². The molecule has 27 heavy (non-hydrogen) atoms. The van der Waals surface area contributed by atoms with Crippen molar-refractivity contribution < 1.29 is 13.9 Å². The lowest BCUT2D eigenvalue weighted by molar-refractivity contribution is 0.235. The monoisotopic (exact) mass is 368 g/mol. The van der Waals surface area contributed by atoms with E-state index < -0.39 is 0 Å². The lowest BCUT2D eigenvalue weighted by Crippen LogP contribution is -2.35. The van der Waals surface area contributed by atoms with Crippen LogP contribution in [0.1, 0.15) is 16.8 Å². The fourth-order valence-electron chi connectivity index (χ4n) is 3.26. The van der Waals surface area contributed by atoms with Gasteiger partial charge < -0.3 is 18.9 Å². The third-order valence-electron chi connectivity index (χ3n) is 4.62. The maximum absolute atomic E-state index is 12.4. The molecule has 1 N–H and O–H groups in total. The molecule has 3 aromatic rings. The molecule has 0 saturated heterocycles. The van der Waals surface area contributed by atoms with Crippen molar-refractivity contribution in [3.8, 4) is 23.3 Å². The average molecular weight is 368 g/mol. The Bertz CT molecular complexity index is 997. The van der Waals surface area contributed by atoms with Crippen molar-refractivity contribution in [3.05, 3.63) is 57.7 Å². The van der Waals surface area contributed by atoms with Gasteiger partial charge in [-0.15, -0.1) is 0 Å². The molecule has 4 heterocycles. The number of methoxy groups -OCH3 is 2. The first kappa shape index (κ1) is 17.3. The standard InChI is InChI=1S/C19H20N4O4/c1-25-16-6-5-12(19(21-16)26-2)10-23-8-7-13-14(11-23)20-17(22-18(13)24)15-4-3-9-27-15/h3-6,9H,7-8,10-11H2,1-2H3,(H,20,22,24). The van der Waals surface area contributed by atoms with Crippen LogP contribution in [0, 0.1) is 0 Å². The zero-order valence-electron chi connectivity index (χ0n) is 15.2. The van der Waals surface area contributed by atoms with Crippen LogP contribution >= 0.6 is 0 Å². The fourth-order valence-corrected chi connectivity index (χ4v) is 3.26. The van der Waals surface area contributed by atoms with Crippen LogP contribution in [0.5, 0.6) is 11.8 Å². The Hall–Kier alpha value is -3.13. The second-order valence-corrected chi connectivity index (χ2v) is 6.30. The number of aromatic nitrogens is 3. The summed E-state index contributed by atoms with van der Waals surface area (Å²) in [6, 6.07) is 7.30. The van der Waals surface area contributed by atoms with E-state index in [0.29, 0.717) is 42.9 Å². The quantitative estimate of drug-likeness (QED) is 0.736. The van der Waals surface area contributed by atoms with E-state index in [-0.39, 0.29) is 5.56 Å². The van der Waals surface area contributed by atoms with Gasteiger partial charge in [0.25, 0.3) is 5.56 Å². The maximum atomic E-state index is 12.4. The van der Waals surface area contributed by atoms with Gasteiger partial charge in [-0.3, -0.25) is 9.69 Å². The molecule has 0 spiro atoms. The van der Waals surface area contributed by atoms with Gasteiger partial charge in [-0.25, -0.2) is 4.98 Å². The average Bonchev–Trinajstić information content (AvgIpc) is 3.23. The van der Waals surface area contributed by atoms with Crippen molar-refractivity contribution in [3.63, 3.8) is 0 Å². The molecule has 0 unspecified atom stereocenters. The summed E-state index contributed by atoms with van der Waals surface area (Å²) < 4.78 is 15.9. The van der Waals surface area contributed by atoms with Crippen LogP contribution in [0.4, 0.5) is 0 Å². The van der Waals surface area contributed by atoms with Gasteiger partial charge in [0.05, 0.1) is 26.2 Å². The Balaban J connectivity index is 1.59. The van der Waals surface area contributed by atoms with Crippen LogP contribution in [0.25, 0.3) is 11.6 Å². The molecule has 0 bridgehead atoms. The van der Waals surface area contributed by atoms with Crippen LogP contribution in [-0.2, 0) is 19.5 Å². The highest BCUT2D eigenvalue weighted by atomic mass is 16.5. The van der Waals surface area contributed by atoms with Crippen LogP contribution in [0.3, 0.4) is 0 Å². The lowest BCUT2D eigenvalue weighted by atomic mass is 10.1. The molecule has 0 fully saturated rings. The molecule has 140 valence electrons. The van der Waals surface area contributed by atoms with Crippen LogP contribution < -0.4 is 15.0 Å². The van der Waals surface area contributed by atoms with E-state index >= 15 is 0 Å². The Morgan fingerprint density at radius 1 is 1.22 bits per heavy atom. The largest absolute Gasteiger partial charge is 0.481 e. The molecule has 0 aromatic carbocycles. The first-order chi connectivity index (χ1) is 13.2. The van der Waals surface area contributed by atoms with Crippen molar-refractivity contribution >= 4 is 0 Å². The molecule has 8 heteroatoms. The molecule has 0 amide bonds. The van der Waals surface area contributed by atoms with Gasteiger partial charge >= 0.3 is 0 Å². The highest BCUT2D eigenvalue weighted by Gasteiger charge is 2.23. The van der Waals surface area contributed by atoms with Crippen LogP contribution in [0.15, 0.2) is 39.7 Å². The molecule has 0 atom stereocenters. The predicted molar refractivity (Wildman–Crippen MR) is 97.7 cm³/mol. The normalized spacial score (nSPS) is 14.0. The first-order valence-corrected chi connectivity index (χ1v) is 8.64. The third kappa shape index (κ3) is 3.43. The van der Waals surface area contributed by atoms with Gasteiger partial charge in [0.1, 0.15) is 0 Å². The number of nitrogens with one attached hydrogen (secondary N) is 1. The number of hydrogen-bond donors (Lipinski definition) is 1. The Kier molecular flexibility index (Phi) is 4.64. The summed E-state index contributed by atoms with van der Waals surface area (Å²) in [6.07, 6.45) is 2.20. The minimum absolute atomic E-state index is 0.102. The summed E-state index contributed by atoms with van der Waals surface area (Å²) >= 11 is 0. The highest BCUT2D eigenvalue weighted by molar-refractivity contribution is 5.47. The van der Waals surface area contributed by atoms with Gasteiger partial charge in [0.2, 0.25) is 11.8 Å². The topological polar surface area (TPSA) is 93.5 Å². The van der Waals surface area contributed by atoms with Crippen LogP contribution in [-0.4, -0.2) is 40.6 Å². The third-order valence-corrected chi connectivity index (χ3v) is 4.62. The van der Waals surface area contributed by atoms with E-state index in [4.69, 9.17) is 13.9 Å². The minimum atomic E-state index is -0.102. The number of nitrogens with zero attached hydrogens (tertiary/aromatic N) is 3. The molecule has 0 radical (unpaired) electrons. The summed E-state index contributed by atoms with van der Waals surface area (Å²) in [5, 5.41) is 0. The molecule has 4 rings (SSSR count). The smallest absolute Gasteiger partial charge is 0.254 e. The van der Waals surface area contributed by atoms with Gasteiger partial charge in [-0.1, -0.05) is 0 Å². The molecule has 0 aliphatic carbocycles. The van der Waals surface area contributed by atoms with Crippen molar-refractivity contribution in [2.45, 2.75) is 19.5 Å². The second-order valence-electron chi connectivity index (χ2n) is 6.30. The molecule has 1 aliphatic heterocycles. The molecule has 0 saturated carbocycles. The zero-order valence-corrected chi connectivity index (χ0v) is 15.2. The summed E-state index contributed by atoms with van der Waals surface area (Å²) in [5.41, 5.74) is 2.37. The molecule has 1 aliphatic rings. The minimum Gasteiger partial charge on any atom is -0.481 e. The van der Waals surface area contributed by atoms with E-state index in [2.05, 4.69) is 19.9 Å². The Labute approximate surface area is 155 Å². The van der Waals surface area contributed by atoms with Crippen molar-refractivity contribution in [1.82, 2.24) is 19.9 Å². The molecular formula is C19H20N4O4. The number of aromatic amines is 1. The molecule has 3 aromatic heterocycles. The van der Waals surface area contributed by atoms with Gasteiger partial charge in [-0.2, -0.15) is 4.98 Å². The summed E-state index contributed by atoms with van der Waals surface area (Å²) in [6.45, 7) is 1.97. The van der Waals surface area contributed by atoms with E-state index in [9.17, 15) is 4.79 Å². The number of rotatable bonds is 5.